The molecule has 0 aromatic heterocycles. The van der Waals surface area contributed by atoms with Gasteiger partial charge in [0, 0.05) is 24.6 Å². The number of aliphatic imine (C=N–C) groups is 1. The first kappa shape index (κ1) is 19.0. The minimum absolute atomic E-state index is 0.422. The van der Waals surface area contributed by atoms with Crippen LogP contribution in [0.5, 0.6) is 0 Å². The van der Waals surface area contributed by atoms with E-state index in [4.69, 9.17) is 4.99 Å². The molecule has 1 saturated heterocycles. The van der Waals surface area contributed by atoms with E-state index < -0.39 is 36.7 Å². The van der Waals surface area contributed by atoms with Gasteiger partial charge in [-0.25, -0.2) is 9.79 Å². The maximum absolute atomic E-state index is 13.1. The predicted octanol–water partition coefficient (Wildman–Crippen LogP) is 1.42. The van der Waals surface area contributed by atoms with Crippen LogP contribution in [0, 0.1) is 13.8 Å². The molecule has 1 aromatic carbocycles. The number of imide groups is 1. The summed E-state index contributed by atoms with van der Waals surface area (Å²) in [7, 11) is 2.81. The summed E-state index contributed by atoms with van der Waals surface area (Å²) in [6, 6.07) is 4.92. The summed E-state index contributed by atoms with van der Waals surface area (Å²) in [5.41, 5.74) is 4.10. The highest BCUT2D eigenvalue weighted by atomic mass is 16.5. The van der Waals surface area contributed by atoms with E-state index in [1.165, 1.54) is 12.0 Å². The van der Waals surface area contributed by atoms with Gasteiger partial charge in [-0.1, -0.05) is 6.07 Å². The molecular formula is C20H23N5O4. The lowest BCUT2D eigenvalue weighted by Crippen LogP contribution is -2.65. The average Bonchev–Trinajstić information content (AvgIpc) is 3.16. The Morgan fingerprint density at radius 1 is 1.14 bits per heavy atom. The number of hydrogen-bond acceptors (Lipinski definition) is 7. The van der Waals surface area contributed by atoms with Gasteiger partial charge in [0.25, 0.3) is 5.91 Å². The Bertz CT molecular complexity index is 965. The number of hydrogen-bond donors (Lipinski definition) is 0. The van der Waals surface area contributed by atoms with E-state index >= 15 is 0 Å². The van der Waals surface area contributed by atoms with Crippen molar-refractivity contribution in [3.8, 4) is 0 Å². The van der Waals surface area contributed by atoms with E-state index in [0.717, 1.165) is 27.4 Å². The van der Waals surface area contributed by atoms with E-state index in [-0.39, 0.29) is 0 Å². The molecule has 1 fully saturated rings. The number of ether oxygens (including phenoxy) is 1. The molecule has 2 unspecified atom stereocenters. The number of allylic oxidation sites excluding steroid dienone is 1. The van der Waals surface area contributed by atoms with Crippen molar-refractivity contribution in [2.24, 2.45) is 4.99 Å². The molecule has 3 amide bonds. The number of fused-ring (bicyclic) bond motifs is 3. The maximum Gasteiger partial charge on any atom is 0.328 e. The molecule has 3 aliphatic heterocycles. The number of likely N-dealkylation sites (N-methyl/N-ethyl adjacent to an activating group) is 1. The minimum atomic E-state index is -0.719. The van der Waals surface area contributed by atoms with Gasteiger partial charge in [0.1, 0.15) is 6.54 Å². The van der Waals surface area contributed by atoms with Gasteiger partial charge >= 0.3 is 12.0 Å². The number of methoxy groups -OCH3 is 1. The summed E-state index contributed by atoms with van der Waals surface area (Å²) < 4.78 is 4.63. The van der Waals surface area contributed by atoms with Crippen LogP contribution in [0.25, 0.3) is 0 Å². The van der Waals surface area contributed by atoms with Gasteiger partial charge in [-0.2, -0.15) is 0 Å². The second kappa shape index (κ2) is 6.61. The molecule has 1 aromatic rings. The number of benzene rings is 1. The van der Waals surface area contributed by atoms with Crippen molar-refractivity contribution in [2.45, 2.75) is 33.0 Å². The highest BCUT2D eigenvalue weighted by Crippen LogP contribution is 2.37. The fourth-order valence-corrected chi connectivity index (χ4v) is 4.09. The first-order valence-electron chi connectivity index (χ1n) is 9.31. The monoisotopic (exact) mass is 397 g/mol. The zero-order valence-electron chi connectivity index (χ0n) is 17.0. The van der Waals surface area contributed by atoms with E-state index in [0.29, 0.717) is 5.96 Å². The molecule has 0 bridgehead atoms. The van der Waals surface area contributed by atoms with Gasteiger partial charge in [0.15, 0.2) is 12.2 Å². The van der Waals surface area contributed by atoms with Gasteiger partial charge in [0.05, 0.1) is 7.11 Å². The number of urea groups is 1. The van der Waals surface area contributed by atoms with E-state index in [1.807, 2.05) is 31.9 Å². The first-order valence-corrected chi connectivity index (χ1v) is 9.31. The summed E-state index contributed by atoms with van der Waals surface area (Å²) in [5, 5.41) is 0. The number of aryl methyl sites for hydroxylation is 2. The molecule has 0 saturated carbocycles. The molecule has 0 spiro atoms. The smallest absolute Gasteiger partial charge is 0.328 e. The SMILES string of the molecule is COC(=O)CN1C(=O)C2C(N=C3N(c4cc(C)cc(C)c4)C(C)=CN32)N(C)C1=O. The van der Waals surface area contributed by atoms with Gasteiger partial charge in [-0.15, -0.1) is 0 Å². The number of carbonyl (C=O) groups is 3. The van der Waals surface area contributed by atoms with Crippen LogP contribution in [0.4, 0.5) is 10.5 Å². The van der Waals surface area contributed by atoms with Crippen LogP contribution in [0.15, 0.2) is 35.1 Å². The second-order valence-electron chi connectivity index (χ2n) is 7.54. The number of nitrogens with zero attached hydrogens (tertiary/aromatic N) is 5. The molecule has 4 rings (SSSR count). The largest absolute Gasteiger partial charge is 0.468 e. The fourth-order valence-electron chi connectivity index (χ4n) is 4.09. The zero-order valence-corrected chi connectivity index (χ0v) is 17.0. The van der Waals surface area contributed by atoms with Crippen molar-refractivity contribution < 1.29 is 19.1 Å². The molecule has 9 nitrogen and oxygen atoms in total. The summed E-state index contributed by atoms with van der Waals surface area (Å²) in [4.78, 5) is 48.3. The number of rotatable bonds is 3. The standard InChI is InChI=1S/C20H23N5O4/c1-11-6-12(2)8-14(7-11)25-13(3)9-23-16-17(21-19(23)25)22(4)20(28)24(18(16)27)10-15(26)29-5/h6-9,16-17H,10H2,1-5H3. The molecule has 152 valence electrons. The molecule has 9 heteroatoms. The normalized spacial score (nSPS) is 23.2. The molecule has 29 heavy (non-hydrogen) atoms. The number of amides is 3. The number of guanidine groups is 1. The number of esters is 1. The molecule has 0 N–H and O–H groups in total. The lowest BCUT2D eigenvalue weighted by atomic mass is 10.1. The molecule has 0 aliphatic carbocycles. The molecule has 2 atom stereocenters. The summed E-state index contributed by atoms with van der Waals surface area (Å²) in [6.07, 6.45) is 1.20. The molecule has 3 heterocycles. The van der Waals surface area contributed by atoms with Crippen LogP contribution in [0.2, 0.25) is 0 Å². The summed E-state index contributed by atoms with van der Waals surface area (Å²) >= 11 is 0. The van der Waals surface area contributed by atoms with Crippen molar-refractivity contribution in [3.05, 3.63) is 41.2 Å². The van der Waals surface area contributed by atoms with Gasteiger partial charge in [-0.3, -0.25) is 19.4 Å². The summed E-state index contributed by atoms with van der Waals surface area (Å²) in [5.74, 6) is -0.522. The second-order valence-corrected chi connectivity index (χ2v) is 7.54. The lowest BCUT2D eigenvalue weighted by Gasteiger charge is -2.39. The van der Waals surface area contributed by atoms with Crippen molar-refractivity contribution in [1.29, 1.82) is 0 Å². The lowest BCUT2D eigenvalue weighted by molar-refractivity contribution is -0.148. The van der Waals surface area contributed by atoms with E-state index in [2.05, 4.69) is 22.9 Å². The van der Waals surface area contributed by atoms with Crippen LogP contribution < -0.4 is 4.90 Å². The minimum Gasteiger partial charge on any atom is -0.468 e. The number of anilines is 1. The van der Waals surface area contributed by atoms with Crippen molar-refractivity contribution in [2.75, 3.05) is 25.6 Å². The van der Waals surface area contributed by atoms with Crippen LogP contribution >= 0.6 is 0 Å². The first-order chi connectivity index (χ1) is 13.7. The zero-order chi connectivity index (χ0) is 21.0. The Kier molecular flexibility index (Phi) is 4.33. The van der Waals surface area contributed by atoms with Gasteiger partial charge < -0.3 is 14.5 Å². The Morgan fingerprint density at radius 3 is 2.41 bits per heavy atom. The van der Waals surface area contributed by atoms with Crippen molar-refractivity contribution >= 4 is 29.6 Å². The Hall–Kier alpha value is -3.36. The van der Waals surface area contributed by atoms with Gasteiger partial charge in [0.2, 0.25) is 5.96 Å². The average molecular weight is 397 g/mol. The molecular weight excluding hydrogens is 374 g/mol. The van der Waals surface area contributed by atoms with Crippen LogP contribution in [0.3, 0.4) is 0 Å². The van der Waals surface area contributed by atoms with Crippen molar-refractivity contribution in [3.63, 3.8) is 0 Å². The van der Waals surface area contributed by atoms with Gasteiger partial charge in [-0.05, 0) is 44.0 Å². The third kappa shape index (κ3) is 2.84. The van der Waals surface area contributed by atoms with Crippen LogP contribution in [-0.4, -0.2) is 71.5 Å². The van der Waals surface area contributed by atoms with Crippen LogP contribution in [-0.2, 0) is 14.3 Å². The maximum atomic E-state index is 13.1. The van der Waals surface area contributed by atoms with E-state index in [1.54, 1.807) is 11.9 Å². The van der Waals surface area contributed by atoms with Crippen LogP contribution in [0.1, 0.15) is 18.1 Å². The van der Waals surface area contributed by atoms with Crippen molar-refractivity contribution in [1.82, 2.24) is 14.7 Å². The highest BCUT2D eigenvalue weighted by Gasteiger charge is 2.54. The Morgan fingerprint density at radius 2 is 1.79 bits per heavy atom. The molecule has 0 radical (unpaired) electrons. The Balaban J connectivity index is 1.71. The Labute approximate surface area is 168 Å². The van der Waals surface area contributed by atoms with E-state index in [9.17, 15) is 14.4 Å². The number of carbonyl (C=O) groups excluding carboxylic acids is 3. The highest BCUT2D eigenvalue weighted by molar-refractivity contribution is 6.10. The topological polar surface area (TPSA) is 85.8 Å². The molecule has 3 aliphatic rings. The fraction of sp³-hybridized carbons (Fsp3) is 0.400. The third-order valence-electron chi connectivity index (χ3n) is 5.37. The quantitative estimate of drug-likeness (QED) is 0.717. The predicted molar refractivity (Wildman–Crippen MR) is 106 cm³/mol. The third-order valence-corrected chi connectivity index (χ3v) is 5.37. The summed E-state index contributed by atoms with van der Waals surface area (Å²) in [6.45, 7) is 5.58.